The minimum Gasteiger partial charge on any atom is -0.371 e. The number of hydrogen-bond donors (Lipinski definition) is 3. The molecule has 0 bridgehead atoms. The smallest absolute Gasteiger partial charge is 0.371 e. The van der Waals surface area contributed by atoms with E-state index in [0.717, 1.165) is 49.7 Å². The predicted molar refractivity (Wildman–Crippen MR) is 134 cm³/mol. The van der Waals surface area contributed by atoms with Crippen LogP contribution in [0.1, 0.15) is 40.7 Å². The summed E-state index contributed by atoms with van der Waals surface area (Å²) in [5.41, 5.74) is 1.09. The SMILES string of the molecule is O=C(Nc1ccc(N2CCCCC2)c(C(=O)NCc2ccccc2)c1)Nc1ccccc1C(F)(F)F. The van der Waals surface area contributed by atoms with E-state index in [1.807, 2.05) is 30.3 Å². The Bertz CT molecular complexity index is 1210. The van der Waals surface area contributed by atoms with Crippen molar-refractivity contribution >= 4 is 29.0 Å². The monoisotopic (exact) mass is 496 g/mol. The standard InChI is InChI=1S/C27H27F3N4O2/c28-27(29,30)22-11-5-6-12-23(22)33-26(36)32-20-13-14-24(34-15-7-2-8-16-34)21(17-20)25(35)31-18-19-9-3-1-4-10-19/h1,3-6,9-14,17H,2,7-8,15-16,18H2,(H,31,35)(H2,32,33,36). The summed E-state index contributed by atoms with van der Waals surface area (Å²) in [6.45, 7) is 1.98. The molecule has 3 amide bonds. The number of benzene rings is 3. The second-order valence-corrected chi connectivity index (χ2v) is 8.57. The molecule has 9 heteroatoms. The summed E-state index contributed by atoms with van der Waals surface area (Å²) in [5.74, 6) is -0.300. The number of anilines is 3. The highest BCUT2D eigenvalue weighted by Gasteiger charge is 2.33. The molecule has 1 heterocycles. The first-order chi connectivity index (χ1) is 17.3. The van der Waals surface area contributed by atoms with Crippen molar-refractivity contribution in [3.63, 3.8) is 0 Å². The highest BCUT2D eigenvalue weighted by Crippen LogP contribution is 2.34. The number of rotatable bonds is 6. The number of amides is 3. The molecule has 0 aromatic heterocycles. The van der Waals surface area contributed by atoms with E-state index in [1.54, 1.807) is 18.2 Å². The van der Waals surface area contributed by atoms with Crippen LogP contribution in [0.2, 0.25) is 0 Å². The van der Waals surface area contributed by atoms with Crippen LogP contribution in [0.3, 0.4) is 0 Å². The molecule has 0 atom stereocenters. The fourth-order valence-electron chi connectivity index (χ4n) is 4.20. The maximum Gasteiger partial charge on any atom is 0.418 e. The molecule has 4 rings (SSSR count). The summed E-state index contributed by atoms with van der Waals surface area (Å²) in [6.07, 6.45) is -1.44. The molecule has 188 valence electrons. The van der Waals surface area contributed by atoms with Gasteiger partial charge in [-0.15, -0.1) is 0 Å². The summed E-state index contributed by atoms with van der Waals surface area (Å²) < 4.78 is 39.8. The fraction of sp³-hybridized carbons (Fsp3) is 0.259. The molecule has 0 aliphatic carbocycles. The number of carbonyl (C=O) groups is 2. The van der Waals surface area contributed by atoms with E-state index >= 15 is 0 Å². The Hall–Kier alpha value is -4.01. The van der Waals surface area contributed by atoms with Crippen molar-refractivity contribution in [1.82, 2.24) is 5.32 Å². The molecule has 36 heavy (non-hydrogen) atoms. The summed E-state index contributed by atoms with van der Waals surface area (Å²) in [4.78, 5) is 27.9. The Morgan fingerprint density at radius 1 is 0.833 bits per heavy atom. The maximum absolute atomic E-state index is 13.3. The van der Waals surface area contributed by atoms with Crippen molar-refractivity contribution in [2.24, 2.45) is 0 Å². The fourth-order valence-corrected chi connectivity index (χ4v) is 4.20. The molecule has 1 aliphatic heterocycles. The number of hydrogen-bond acceptors (Lipinski definition) is 3. The van der Waals surface area contributed by atoms with E-state index in [2.05, 4.69) is 20.9 Å². The van der Waals surface area contributed by atoms with Crippen LogP contribution in [-0.4, -0.2) is 25.0 Å². The average Bonchev–Trinajstić information content (AvgIpc) is 2.88. The molecule has 1 saturated heterocycles. The van der Waals surface area contributed by atoms with E-state index in [-0.39, 0.29) is 11.6 Å². The summed E-state index contributed by atoms with van der Waals surface area (Å²) in [6, 6.07) is 18.4. The molecular weight excluding hydrogens is 469 g/mol. The first-order valence-electron chi connectivity index (χ1n) is 11.8. The summed E-state index contributed by atoms with van der Waals surface area (Å²) in [7, 11) is 0. The molecule has 0 saturated carbocycles. The number of nitrogens with one attached hydrogen (secondary N) is 3. The lowest BCUT2D eigenvalue weighted by Crippen LogP contribution is -2.33. The zero-order chi connectivity index (χ0) is 25.5. The van der Waals surface area contributed by atoms with Gasteiger partial charge < -0.3 is 20.9 Å². The third-order valence-corrected chi connectivity index (χ3v) is 5.97. The lowest BCUT2D eigenvalue weighted by Gasteiger charge is -2.30. The van der Waals surface area contributed by atoms with Gasteiger partial charge in [-0.2, -0.15) is 13.2 Å². The number of piperidine rings is 1. The lowest BCUT2D eigenvalue weighted by atomic mass is 10.1. The van der Waals surface area contributed by atoms with Crippen LogP contribution in [0, 0.1) is 0 Å². The molecule has 3 aromatic rings. The second-order valence-electron chi connectivity index (χ2n) is 8.57. The van der Waals surface area contributed by atoms with Crippen molar-refractivity contribution in [2.75, 3.05) is 28.6 Å². The van der Waals surface area contributed by atoms with Crippen LogP contribution >= 0.6 is 0 Å². The van der Waals surface area contributed by atoms with Gasteiger partial charge in [0, 0.05) is 31.0 Å². The topological polar surface area (TPSA) is 73.5 Å². The number of alkyl halides is 3. The van der Waals surface area contributed by atoms with Gasteiger partial charge in [0.2, 0.25) is 0 Å². The molecule has 0 unspecified atom stereocenters. The summed E-state index contributed by atoms with van der Waals surface area (Å²) in [5, 5.41) is 7.73. The largest absolute Gasteiger partial charge is 0.418 e. The van der Waals surface area contributed by atoms with E-state index in [4.69, 9.17) is 0 Å². The van der Waals surface area contributed by atoms with Gasteiger partial charge in [0.15, 0.2) is 0 Å². The van der Waals surface area contributed by atoms with Crippen LogP contribution in [0.15, 0.2) is 72.8 Å². The molecule has 3 N–H and O–H groups in total. The number of nitrogens with zero attached hydrogens (tertiary/aromatic N) is 1. The van der Waals surface area contributed by atoms with Crippen LogP contribution in [0.25, 0.3) is 0 Å². The maximum atomic E-state index is 13.3. The average molecular weight is 497 g/mol. The molecule has 0 radical (unpaired) electrons. The van der Waals surface area contributed by atoms with Crippen LogP contribution < -0.4 is 20.9 Å². The number of carbonyl (C=O) groups excluding carboxylic acids is 2. The first-order valence-corrected chi connectivity index (χ1v) is 11.8. The highest BCUT2D eigenvalue weighted by atomic mass is 19.4. The van der Waals surface area contributed by atoms with Crippen molar-refractivity contribution in [2.45, 2.75) is 32.0 Å². The third-order valence-electron chi connectivity index (χ3n) is 5.97. The molecular formula is C27H27F3N4O2. The molecule has 0 spiro atoms. The number of urea groups is 1. The van der Waals surface area contributed by atoms with E-state index in [1.165, 1.54) is 18.2 Å². The van der Waals surface area contributed by atoms with Crippen LogP contribution in [-0.2, 0) is 12.7 Å². The summed E-state index contributed by atoms with van der Waals surface area (Å²) >= 11 is 0. The number of halogens is 3. The van der Waals surface area contributed by atoms with Crippen LogP contribution in [0.4, 0.5) is 35.0 Å². The minimum absolute atomic E-state index is 0.294. The van der Waals surface area contributed by atoms with Crippen molar-refractivity contribution in [1.29, 1.82) is 0 Å². The molecule has 3 aromatic carbocycles. The van der Waals surface area contributed by atoms with Gasteiger partial charge >= 0.3 is 12.2 Å². The van der Waals surface area contributed by atoms with Crippen molar-refractivity contribution in [3.05, 3.63) is 89.5 Å². The third kappa shape index (κ3) is 6.35. The van der Waals surface area contributed by atoms with E-state index < -0.39 is 17.8 Å². The zero-order valence-corrected chi connectivity index (χ0v) is 19.6. The lowest BCUT2D eigenvalue weighted by molar-refractivity contribution is -0.136. The Morgan fingerprint density at radius 2 is 1.53 bits per heavy atom. The number of para-hydroxylation sites is 1. The molecule has 1 fully saturated rings. The molecule has 1 aliphatic rings. The van der Waals surface area contributed by atoms with Crippen molar-refractivity contribution < 1.29 is 22.8 Å². The van der Waals surface area contributed by atoms with Gasteiger partial charge in [0.25, 0.3) is 5.91 Å². The van der Waals surface area contributed by atoms with E-state index in [9.17, 15) is 22.8 Å². The zero-order valence-electron chi connectivity index (χ0n) is 19.6. The Labute approximate surface area is 207 Å². The van der Waals surface area contributed by atoms with Crippen molar-refractivity contribution in [3.8, 4) is 0 Å². The van der Waals surface area contributed by atoms with E-state index in [0.29, 0.717) is 17.8 Å². The minimum atomic E-state index is -4.61. The Morgan fingerprint density at radius 3 is 2.25 bits per heavy atom. The molecule has 6 nitrogen and oxygen atoms in total. The predicted octanol–water partition coefficient (Wildman–Crippen LogP) is 6.27. The van der Waals surface area contributed by atoms with Gasteiger partial charge in [0.1, 0.15) is 0 Å². The normalized spacial score (nSPS) is 13.7. The van der Waals surface area contributed by atoms with Gasteiger partial charge in [-0.05, 0) is 55.2 Å². The van der Waals surface area contributed by atoms with Gasteiger partial charge in [-0.1, -0.05) is 42.5 Å². The van der Waals surface area contributed by atoms with Gasteiger partial charge in [0.05, 0.1) is 16.8 Å². The van der Waals surface area contributed by atoms with Gasteiger partial charge in [-0.25, -0.2) is 4.79 Å². The Kier molecular flexibility index (Phi) is 7.77. The van der Waals surface area contributed by atoms with Crippen LogP contribution in [0.5, 0.6) is 0 Å². The Balaban J connectivity index is 1.53. The first kappa shape index (κ1) is 25.1. The van der Waals surface area contributed by atoms with Gasteiger partial charge in [-0.3, -0.25) is 4.79 Å². The highest BCUT2D eigenvalue weighted by molar-refractivity contribution is 6.04. The second kappa shape index (κ2) is 11.2. The quantitative estimate of drug-likeness (QED) is 0.377.